The molecule has 0 bridgehead atoms. The number of carboxylic acid groups (broad SMARTS) is 1. The highest BCUT2D eigenvalue weighted by Crippen LogP contribution is 2.17. The lowest BCUT2D eigenvalue weighted by molar-refractivity contribution is -0.141. The number of hydrogen-bond donors (Lipinski definition) is 2. The van der Waals surface area contributed by atoms with E-state index >= 15 is 0 Å². The zero-order valence-corrected chi connectivity index (χ0v) is 10.6. The van der Waals surface area contributed by atoms with Gasteiger partial charge in [0.05, 0.1) is 13.0 Å². The molecule has 0 fully saturated rings. The number of nitrogens with one attached hydrogen (secondary N) is 1. The van der Waals surface area contributed by atoms with Crippen LogP contribution in [0, 0.1) is 11.7 Å². The number of methoxy groups -OCH3 is 1. The van der Waals surface area contributed by atoms with Crippen LogP contribution in [-0.2, 0) is 11.3 Å². The van der Waals surface area contributed by atoms with E-state index in [-0.39, 0.29) is 11.7 Å². The van der Waals surface area contributed by atoms with Crippen LogP contribution >= 0.6 is 0 Å². The lowest BCUT2D eigenvalue weighted by atomic mass is 10.1. The summed E-state index contributed by atoms with van der Waals surface area (Å²) in [7, 11) is 1.42. The van der Waals surface area contributed by atoms with Crippen molar-refractivity contribution in [2.24, 2.45) is 5.92 Å². The Morgan fingerprint density at radius 2 is 2.28 bits per heavy atom. The molecule has 1 unspecified atom stereocenters. The van der Waals surface area contributed by atoms with Gasteiger partial charge in [-0.3, -0.25) is 4.79 Å². The van der Waals surface area contributed by atoms with Gasteiger partial charge in [0, 0.05) is 6.54 Å². The fourth-order valence-electron chi connectivity index (χ4n) is 1.49. The van der Waals surface area contributed by atoms with Crippen molar-refractivity contribution in [3.8, 4) is 5.75 Å². The third kappa shape index (κ3) is 4.33. The molecule has 0 aliphatic rings. The predicted octanol–water partition coefficient (Wildman–Crippen LogP) is 2.03. The van der Waals surface area contributed by atoms with Crippen LogP contribution in [0.15, 0.2) is 18.2 Å². The molecule has 0 saturated heterocycles. The standard InChI is InChI=1S/C13H18FNO3/c1-9(13(16)17)5-6-15-8-10-3-4-12(18-2)11(14)7-10/h3-4,7,9,15H,5-6,8H2,1-2H3,(H,16,17). The van der Waals surface area contributed by atoms with Gasteiger partial charge >= 0.3 is 5.97 Å². The summed E-state index contributed by atoms with van der Waals surface area (Å²) in [5.74, 6) is -1.34. The van der Waals surface area contributed by atoms with E-state index in [1.165, 1.54) is 13.2 Å². The van der Waals surface area contributed by atoms with Crippen LogP contribution < -0.4 is 10.1 Å². The normalized spacial score (nSPS) is 12.2. The second-order valence-electron chi connectivity index (χ2n) is 4.17. The molecule has 1 aromatic carbocycles. The summed E-state index contributed by atoms with van der Waals surface area (Å²) in [6, 6.07) is 4.76. The van der Waals surface area contributed by atoms with Gasteiger partial charge in [0.1, 0.15) is 0 Å². The monoisotopic (exact) mass is 255 g/mol. The summed E-state index contributed by atoms with van der Waals surface area (Å²) < 4.78 is 18.2. The summed E-state index contributed by atoms with van der Waals surface area (Å²) >= 11 is 0. The van der Waals surface area contributed by atoms with Gasteiger partial charge in [-0.15, -0.1) is 0 Å². The molecule has 1 atom stereocenters. The van der Waals surface area contributed by atoms with Crippen molar-refractivity contribution >= 4 is 5.97 Å². The Hall–Kier alpha value is -1.62. The molecule has 0 radical (unpaired) electrons. The summed E-state index contributed by atoms with van der Waals surface area (Å²) in [4.78, 5) is 10.6. The highest BCUT2D eigenvalue weighted by molar-refractivity contribution is 5.69. The molecule has 0 aromatic heterocycles. The van der Waals surface area contributed by atoms with E-state index in [0.717, 1.165) is 5.56 Å². The van der Waals surface area contributed by atoms with Crippen molar-refractivity contribution in [3.63, 3.8) is 0 Å². The molecule has 18 heavy (non-hydrogen) atoms. The summed E-state index contributed by atoms with van der Waals surface area (Å²) in [5.41, 5.74) is 0.802. The maximum absolute atomic E-state index is 13.4. The van der Waals surface area contributed by atoms with Gasteiger partial charge in [-0.1, -0.05) is 13.0 Å². The number of ether oxygens (including phenoxy) is 1. The van der Waals surface area contributed by atoms with Gasteiger partial charge in [-0.05, 0) is 30.7 Å². The topological polar surface area (TPSA) is 58.6 Å². The van der Waals surface area contributed by atoms with Crippen molar-refractivity contribution in [1.29, 1.82) is 0 Å². The lowest BCUT2D eigenvalue weighted by Crippen LogP contribution is -2.20. The third-order valence-corrected chi connectivity index (χ3v) is 2.72. The van der Waals surface area contributed by atoms with Crippen LogP contribution in [0.5, 0.6) is 5.75 Å². The van der Waals surface area contributed by atoms with Gasteiger partial charge < -0.3 is 15.2 Å². The van der Waals surface area contributed by atoms with E-state index in [9.17, 15) is 9.18 Å². The van der Waals surface area contributed by atoms with E-state index < -0.39 is 11.8 Å². The van der Waals surface area contributed by atoms with E-state index in [4.69, 9.17) is 9.84 Å². The smallest absolute Gasteiger partial charge is 0.306 e. The molecule has 1 rings (SSSR count). The first-order valence-corrected chi connectivity index (χ1v) is 5.80. The molecule has 100 valence electrons. The molecule has 0 aliphatic carbocycles. The number of hydrogen-bond acceptors (Lipinski definition) is 3. The second kappa shape index (κ2) is 6.96. The highest BCUT2D eigenvalue weighted by atomic mass is 19.1. The molecular formula is C13H18FNO3. The van der Waals surface area contributed by atoms with Gasteiger partial charge in [-0.2, -0.15) is 0 Å². The molecule has 4 nitrogen and oxygen atoms in total. The molecule has 0 aliphatic heterocycles. The van der Waals surface area contributed by atoms with E-state index in [1.54, 1.807) is 19.1 Å². The average molecular weight is 255 g/mol. The first-order valence-electron chi connectivity index (χ1n) is 5.80. The summed E-state index contributed by atoms with van der Waals surface area (Å²) in [6.45, 7) is 2.76. The first-order chi connectivity index (χ1) is 8.54. The van der Waals surface area contributed by atoms with Gasteiger partial charge in [0.25, 0.3) is 0 Å². The predicted molar refractivity (Wildman–Crippen MR) is 66.1 cm³/mol. The fourth-order valence-corrected chi connectivity index (χ4v) is 1.49. The van der Waals surface area contributed by atoms with Crippen molar-refractivity contribution in [2.75, 3.05) is 13.7 Å². The Kier molecular flexibility index (Phi) is 5.58. The first kappa shape index (κ1) is 14.4. The van der Waals surface area contributed by atoms with Crippen molar-refractivity contribution in [2.45, 2.75) is 19.9 Å². The van der Waals surface area contributed by atoms with Crippen LogP contribution in [0.3, 0.4) is 0 Å². The molecular weight excluding hydrogens is 237 g/mol. The van der Waals surface area contributed by atoms with E-state index in [1.807, 2.05) is 0 Å². The Bertz CT molecular complexity index is 409. The van der Waals surface area contributed by atoms with Crippen LogP contribution in [0.2, 0.25) is 0 Å². The number of aliphatic carboxylic acids is 1. The summed E-state index contributed by atoms with van der Waals surface area (Å²) in [5, 5.41) is 11.8. The fraction of sp³-hybridized carbons (Fsp3) is 0.462. The Labute approximate surface area is 106 Å². The van der Waals surface area contributed by atoms with E-state index in [2.05, 4.69) is 5.32 Å². The minimum absolute atomic E-state index is 0.221. The van der Waals surface area contributed by atoms with Crippen molar-refractivity contribution < 1.29 is 19.0 Å². The van der Waals surface area contributed by atoms with Crippen LogP contribution in [0.1, 0.15) is 18.9 Å². The minimum Gasteiger partial charge on any atom is -0.494 e. The van der Waals surface area contributed by atoms with Gasteiger partial charge in [0.2, 0.25) is 0 Å². The van der Waals surface area contributed by atoms with Crippen LogP contribution in [0.25, 0.3) is 0 Å². The molecule has 0 spiro atoms. The SMILES string of the molecule is COc1ccc(CNCCC(C)C(=O)O)cc1F. The number of benzene rings is 1. The molecule has 5 heteroatoms. The van der Waals surface area contributed by atoms with Crippen molar-refractivity contribution in [1.82, 2.24) is 5.32 Å². The minimum atomic E-state index is -0.799. The van der Waals surface area contributed by atoms with Gasteiger partial charge in [-0.25, -0.2) is 4.39 Å². The summed E-state index contributed by atoms with van der Waals surface area (Å²) in [6.07, 6.45) is 0.550. The quantitative estimate of drug-likeness (QED) is 0.732. The highest BCUT2D eigenvalue weighted by Gasteiger charge is 2.09. The Morgan fingerprint density at radius 1 is 1.56 bits per heavy atom. The van der Waals surface area contributed by atoms with Crippen LogP contribution in [-0.4, -0.2) is 24.7 Å². The zero-order chi connectivity index (χ0) is 13.5. The average Bonchev–Trinajstić information content (AvgIpc) is 2.34. The molecule has 0 saturated carbocycles. The Balaban J connectivity index is 2.36. The number of halogens is 1. The maximum atomic E-state index is 13.4. The second-order valence-corrected chi connectivity index (χ2v) is 4.17. The lowest BCUT2D eigenvalue weighted by Gasteiger charge is -2.08. The molecule has 1 aromatic rings. The molecule has 0 heterocycles. The van der Waals surface area contributed by atoms with E-state index in [0.29, 0.717) is 19.5 Å². The largest absolute Gasteiger partial charge is 0.494 e. The molecule has 2 N–H and O–H groups in total. The Morgan fingerprint density at radius 3 is 2.83 bits per heavy atom. The number of rotatable bonds is 7. The molecule has 0 amide bonds. The van der Waals surface area contributed by atoms with Gasteiger partial charge in [0.15, 0.2) is 11.6 Å². The third-order valence-electron chi connectivity index (χ3n) is 2.72. The maximum Gasteiger partial charge on any atom is 0.306 e. The number of carboxylic acids is 1. The van der Waals surface area contributed by atoms with Crippen LogP contribution in [0.4, 0.5) is 4.39 Å². The van der Waals surface area contributed by atoms with Crippen molar-refractivity contribution in [3.05, 3.63) is 29.6 Å². The number of carbonyl (C=O) groups is 1. The zero-order valence-electron chi connectivity index (χ0n) is 10.6.